The third-order valence-corrected chi connectivity index (χ3v) is 5.14. The highest BCUT2D eigenvalue weighted by Gasteiger charge is 2.24. The number of carbonyl (C=O) groups excluding carboxylic acids is 1. The molecule has 156 valence electrons. The van der Waals surface area contributed by atoms with Gasteiger partial charge in [0.15, 0.2) is 0 Å². The summed E-state index contributed by atoms with van der Waals surface area (Å²) in [5, 5.41) is 3.51. The standard InChI is InChI=1S/C22H31N5O2/c1-4-29-22(28)26-12-10-19(11-13-26)25-20-14-21(24-16-23-20)27(17(2)3)15-18-8-6-5-7-9-18/h5-9,14,16-17,19H,4,10-13,15H2,1-3H3,(H,23,24,25). The fourth-order valence-corrected chi connectivity index (χ4v) is 3.52. The van der Waals surface area contributed by atoms with Gasteiger partial charge in [0, 0.05) is 37.8 Å². The summed E-state index contributed by atoms with van der Waals surface area (Å²) < 4.78 is 5.09. The largest absolute Gasteiger partial charge is 0.450 e. The Morgan fingerprint density at radius 1 is 1.24 bits per heavy atom. The normalized spacial score (nSPS) is 14.7. The molecule has 3 rings (SSSR count). The van der Waals surface area contributed by atoms with Crippen LogP contribution in [0, 0.1) is 0 Å². The molecular formula is C22H31N5O2. The summed E-state index contributed by atoms with van der Waals surface area (Å²) in [6, 6.07) is 13.0. The van der Waals surface area contributed by atoms with E-state index >= 15 is 0 Å². The third-order valence-electron chi connectivity index (χ3n) is 5.14. The van der Waals surface area contributed by atoms with E-state index in [1.807, 2.05) is 19.1 Å². The molecule has 0 aliphatic carbocycles. The van der Waals surface area contributed by atoms with E-state index in [0.717, 1.165) is 31.0 Å². The third kappa shape index (κ3) is 5.82. The fourth-order valence-electron chi connectivity index (χ4n) is 3.52. The second kappa shape index (κ2) is 10.1. The molecule has 2 heterocycles. The van der Waals surface area contributed by atoms with Crippen LogP contribution in [0.4, 0.5) is 16.4 Å². The number of amides is 1. The second-order valence-electron chi connectivity index (χ2n) is 7.57. The van der Waals surface area contributed by atoms with Crippen molar-refractivity contribution >= 4 is 17.7 Å². The van der Waals surface area contributed by atoms with Crippen LogP contribution in [0.25, 0.3) is 0 Å². The average Bonchev–Trinajstić information content (AvgIpc) is 2.73. The first kappa shape index (κ1) is 20.9. The van der Waals surface area contributed by atoms with E-state index in [-0.39, 0.29) is 12.1 Å². The number of likely N-dealkylation sites (tertiary alicyclic amines) is 1. The quantitative estimate of drug-likeness (QED) is 0.763. The Morgan fingerprint density at radius 2 is 1.97 bits per heavy atom. The lowest BCUT2D eigenvalue weighted by Gasteiger charge is -2.32. The van der Waals surface area contributed by atoms with Crippen molar-refractivity contribution in [1.29, 1.82) is 0 Å². The molecule has 1 N–H and O–H groups in total. The smallest absolute Gasteiger partial charge is 0.409 e. The SMILES string of the molecule is CCOC(=O)N1CCC(Nc2cc(N(Cc3ccccc3)C(C)C)ncn2)CC1. The lowest BCUT2D eigenvalue weighted by molar-refractivity contribution is 0.0983. The molecule has 0 unspecified atom stereocenters. The minimum Gasteiger partial charge on any atom is -0.450 e. The first-order valence-electron chi connectivity index (χ1n) is 10.4. The van der Waals surface area contributed by atoms with E-state index in [2.05, 4.69) is 58.3 Å². The molecule has 1 aromatic heterocycles. The molecule has 0 saturated carbocycles. The predicted molar refractivity (Wildman–Crippen MR) is 115 cm³/mol. The van der Waals surface area contributed by atoms with Gasteiger partial charge in [-0.1, -0.05) is 30.3 Å². The van der Waals surface area contributed by atoms with Crippen LogP contribution in [0.2, 0.25) is 0 Å². The van der Waals surface area contributed by atoms with E-state index < -0.39 is 0 Å². The Labute approximate surface area is 173 Å². The zero-order valence-electron chi connectivity index (χ0n) is 17.5. The number of anilines is 2. The zero-order valence-corrected chi connectivity index (χ0v) is 17.5. The van der Waals surface area contributed by atoms with Gasteiger partial charge in [-0.25, -0.2) is 14.8 Å². The van der Waals surface area contributed by atoms with Gasteiger partial charge in [0.25, 0.3) is 0 Å². The molecule has 1 aliphatic heterocycles. The van der Waals surface area contributed by atoms with Gasteiger partial charge in [-0.15, -0.1) is 0 Å². The average molecular weight is 398 g/mol. The Hall–Kier alpha value is -2.83. The van der Waals surface area contributed by atoms with Gasteiger partial charge in [-0.05, 0) is 39.2 Å². The summed E-state index contributed by atoms with van der Waals surface area (Å²) in [5.74, 6) is 1.73. The molecule has 1 aliphatic rings. The highest BCUT2D eigenvalue weighted by Crippen LogP contribution is 2.22. The van der Waals surface area contributed by atoms with Crippen molar-refractivity contribution < 1.29 is 9.53 Å². The van der Waals surface area contributed by atoms with Crippen LogP contribution in [-0.2, 0) is 11.3 Å². The van der Waals surface area contributed by atoms with Crippen LogP contribution >= 0.6 is 0 Å². The molecule has 0 radical (unpaired) electrons. The zero-order chi connectivity index (χ0) is 20.6. The summed E-state index contributed by atoms with van der Waals surface area (Å²) in [7, 11) is 0. The lowest BCUT2D eigenvalue weighted by atomic mass is 10.1. The number of hydrogen-bond donors (Lipinski definition) is 1. The van der Waals surface area contributed by atoms with Crippen molar-refractivity contribution in [2.75, 3.05) is 29.9 Å². The van der Waals surface area contributed by atoms with Gasteiger partial charge in [-0.3, -0.25) is 0 Å². The number of rotatable bonds is 7. The number of benzene rings is 1. The number of piperidine rings is 1. The number of hydrogen-bond acceptors (Lipinski definition) is 6. The first-order valence-corrected chi connectivity index (χ1v) is 10.4. The minimum atomic E-state index is -0.219. The summed E-state index contributed by atoms with van der Waals surface area (Å²) >= 11 is 0. The molecule has 0 atom stereocenters. The summed E-state index contributed by atoms with van der Waals surface area (Å²) in [4.78, 5) is 24.8. The maximum absolute atomic E-state index is 11.9. The molecule has 29 heavy (non-hydrogen) atoms. The topological polar surface area (TPSA) is 70.6 Å². The number of ether oxygens (including phenoxy) is 1. The summed E-state index contributed by atoms with van der Waals surface area (Å²) in [5.41, 5.74) is 1.25. The van der Waals surface area contributed by atoms with Crippen LogP contribution in [0.5, 0.6) is 0 Å². The van der Waals surface area contributed by atoms with Crippen LogP contribution < -0.4 is 10.2 Å². The van der Waals surface area contributed by atoms with Crippen molar-refractivity contribution in [3.05, 3.63) is 48.3 Å². The van der Waals surface area contributed by atoms with Crippen molar-refractivity contribution in [3.8, 4) is 0 Å². The van der Waals surface area contributed by atoms with Gasteiger partial charge >= 0.3 is 6.09 Å². The highest BCUT2D eigenvalue weighted by molar-refractivity contribution is 5.67. The van der Waals surface area contributed by atoms with Gasteiger partial charge in [-0.2, -0.15) is 0 Å². The predicted octanol–water partition coefficient (Wildman–Crippen LogP) is 3.92. The molecule has 2 aromatic rings. The van der Waals surface area contributed by atoms with Crippen LogP contribution in [0.3, 0.4) is 0 Å². The van der Waals surface area contributed by atoms with E-state index in [9.17, 15) is 4.79 Å². The van der Waals surface area contributed by atoms with Crippen LogP contribution in [0.15, 0.2) is 42.7 Å². The maximum atomic E-state index is 11.9. The van der Waals surface area contributed by atoms with Crippen LogP contribution in [0.1, 0.15) is 39.2 Å². The lowest BCUT2D eigenvalue weighted by Crippen LogP contribution is -2.42. The number of nitrogens with one attached hydrogen (secondary N) is 1. The highest BCUT2D eigenvalue weighted by atomic mass is 16.6. The molecule has 7 heteroatoms. The van der Waals surface area contributed by atoms with Crippen molar-refractivity contribution in [2.45, 2.75) is 52.2 Å². The van der Waals surface area contributed by atoms with Gasteiger partial charge in [0.2, 0.25) is 0 Å². The summed E-state index contributed by atoms with van der Waals surface area (Å²) in [6.45, 7) is 8.77. The number of nitrogens with zero attached hydrogens (tertiary/aromatic N) is 4. The Kier molecular flexibility index (Phi) is 7.27. The molecule has 1 aromatic carbocycles. The Bertz CT molecular complexity index is 776. The van der Waals surface area contributed by atoms with E-state index in [1.165, 1.54) is 5.56 Å². The van der Waals surface area contributed by atoms with Crippen molar-refractivity contribution in [1.82, 2.24) is 14.9 Å². The monoisotopic (exact) mass is 397 g/mol. The van der Waals surface area contributed by atoms with Crippen molar-refractivity contribution in [2.24, 2.45) is 0 Å². The van der Waals surface area contributed by atoms with Gasteiger partial charge in [0.1, 0.15) is 18.0 Å². The fraction of sp³-hybridized carbons (Fsp3) is 0.500. The van der Waals surface area contributed by atoms with Crippen molar-refractivity contribution in [3.63, 3.8) is 0 Å². The first-order chi connectivity index (χ1) is 14.1. The minimum absolute atomic E-state index is 0.219. The molecule has 1 saturated heterocycles. The van der Waals surface area contributed by atoms with Gasteiger partial charge < -0.3 is 19.9 Å². The van der Waals surface area contributed by atoms with E-state index in [4.69, 9.17) is 4.74 Å². The maximum Gasteiger partial charge on any atom is 0.409 e. The summed E-state index contributed by atoms with van der Waals surface area (Å²) in [6.07, 6.45) is 3.14. The molecule has 0 bridgehead atoms. The van der Waals surface area contributed by atoms with E-state index in [0.29, 0.717) is 25.7 Å². The number of aromatic nitrogens is 2. The molecule has 7 nitrogen and oxygen atoms in total. The number of carbonyl (C=O) groups is 1. The van der Waals surface area contributed by atoms with Gasteiger partial charge in [0.05, 0.1) is 6.61 Å². The Morgan fingerprint density at radius 3 is 2.62 bits per heavy atom. The molecule has 1 fully saturated rings. The van der Waals surface area contributed by atoms with E-state index in [1.54, 1.807) is 11.2 Å². The van der Waals surface area contributed by atoms with Crippen LogP contribution in [-0.4, -0.2) is 52.7 Å². The molecule has 0 spiro atoms. The molecule has 1 amide bonds. The Balaban J connectivity index is 1.62. The second-order valence-corrected chi connectivity index (χ2v) is 7.57. The molecular weight excluding hydrogens is 366 g/mol.